The van der Waals surface area contributed by atoms with Crippen LogP contribution in [0.3, 0.4) is 0 Å². The van der Waals surface area contributed by atoms with Crippen LogP contribution in [0.4, 0.5) is 0 Å². The summed E-state index contributed by atoms with van der Waals surface area (Å²) in [7, 11) is 0. The number of carbonyl (C=O) groups is 2. The summed E-state index contributed by atoms with van der Waals surface area (Å²) < 4.78 is -1.32. The zero-order valence-corrected chi connectivity index (χ0v) is 29.8. The first-order valence-electron chi connectivity index (χ1n) is 16.9. The molecular weight excluding hydrogens is 667 g/mol. The number of benzene rings is 6. The summed E-state index contributed by atoms with van der Waals surface area (Å²) in [6, 6.07) is 59.5. The van der Waals surface area contributed by atoms with E-state index in [0.717, 1.165) is 33.4 Å². The predicted octanol–water partition coefficient (Wildman–Crippen LogP) is 7.73. The zero-order chi connectivity index (χ0) is 35.5. The quantitative estimate of drug-likeness (QED) is 0.0950. The number of hydrogen-bond donors (Lipinski definition) is 3. The molecule has 0 aliphatic rings. The van der Waals surface area contributed by atoms with Crippen LogP contribution >= 0.6 is 23.5 Å². The van der Waals surface area contributed by atoms with E-state index in [1.54, 1.807) is 23.5 Å². The smallest absolute Gasteiger partial charge is 0.240 e. The lowest BCUT2D eigenvalue weighted by atomic mass is 9.84. The van der Waals surface area contributed by atoms with Crippen molar-refractivity contribution in [1.29, 1.82) is 0 Å². The number of rotatable bonds is 15. The van der Waals surface area contributed by atoms with E-state index in [1.165, 1.54) is 0 Å². The van der Waals surface area contributed by atoms with E-state index in [1.807, 2.05) is 109 Å². The van der Waals surface area contributed by atoms with Crippen molar-refractivity contribution < 1.29 is 9.59 Å². The number of hydrogen-bond acceptors (Lipinski definition) is 5. The Labute approximate surface area is 308 Å². The third kappa shape index (κ3) is 7.81. The molecule has 0 radical (unpaired) electrons. The monoisotopic (exact) mass is 707 g/mol. The van der Waals surface area contributed by atoms with E-state index >= 15 is 0 Å². The molecule has 51 heavy (non-hydrogen) atoms. The molecule has 256 valence electrons. The molecule has 7 heteroatoms. The van der Waals surface area contributed by atoms with Crippen LogP contribution in [-0.2, 0) is 19.1 Å². The molecule has 2 amide bonds. The lowest BCUT2D eigenvalue weighted by Crippen LogP contribution is -2.53. The Kier molecular flexibility index (Phi) is 11.7. The van der Waals surface area contributed by atoms with Crippen molar-refractivity contribution >= 4 is 35.3 Å². The van der Waals surface area contributed by atoms with Crippen LogP contribution in [0.2, 0.25) is 0 Å². The first kappa shape index (κ1) is 35.7. The zero-order valence-electron chi connectivity index (χ0n) is 28.2. The Bertz CT molecular complexity index is 1790. The summed E-state index contributed by atoms with van der Waals surface area (Å²) in [5.41, 5.74) is 19.0. The molecule has 0 spiro atoms. The van der Waals surface area contributed by atoms with Crippen LogP contribution in [0.25, 0.3) is 0 Å². The SMILES string of the molecule is NC(=O)[C@@H](CSC(c1ccccc1)(c1ccccc1)c1ccccc1)NC(=O)[C@@H](N)CSC(c1ccccc1)(c1ccccc1)c1ccccc1. The van der Waals surface area contributed by atoms with Gasteiger partial charge in [0.2, 0.25) is 11.8 Å². The summed E-state index contributed by atoms with van der Waals surface area (Å²) in [5, 5.41) is 2.93. The Morgan fingerprint density at radius 3 is 0.980 bits per heavy atom. The maximum Gasteiger partial charge on any atom is 0.240 e. The number of amides is 2. The highest BCUT2D eigenvalue weighted by Gasteiger charge is 2.40. The van der Waals surface area contributed by atoms with Gasteiger partial charge in [0, 0.05) is 11.5 Å². The van der Waals surface area contributed by atoms with E-state index in [-0.39, 0.29) is 11.5 Å². The lowest BCUT2D eigenvalue weighted by molar-refractivity contribution is -0.127. The van der Waals surface area contributed by atoms with Crippen molar-refractivity contribution in [2.45, 2.75) is 21.6 Å². The fourth-order valence-electron chi connectivity index (χ4n) is 6.51. The lowest BCUT2D eigenvalue weighted by Gasteiger charge is -2.37. The highest BCUT2D eigenvalue weighted by molar-refractivity contribution is 8.01. The Balaban J connectivity index is 1.27. The van der Waals surface area contributed by atoms with E-state index in [0.29, 0.717) is 0 Å². The van der Waals surface area contributed by atoms with Crippen molar-refractivity contribution in [2.75, 3.05) is 11.5 Å². The molecule has 0 aliphatic heterocycles. The van der Waals surface area contributed by atoms with Gasteiger partial charge in [0.25, 0.3) is 0 Å². The van der Waals surface area contributed by atoms with Crippen LogP contribution in [-0.4, -0.2) is 35.4 Å². The largest absolute Gasteiger partial charge is 0.368 e. The molecule has 0 aliphatic carbocycles. The van der Waals surface area contributed by atoms with Gasteiger partial charge in [0.15, 0.2) is 0 Å². The van der Waals surface area contributed by atoms with Crippen LogP contribution < -0.4 is 16.8 Å². The van der Waals surface area contributed by atoms with E-state index in [4.69, 9.17) is 11.5 Å². The third-order valence-corrected chi connectivity index (χ3v) is 12.3. The van der Waals surface area contributed by atoms with Gasteiger partial charge >= 0.3 is 0 Å². The molecule has 6 rings (SSSR count). The highest BCUT2D eigenvalue weighted by Crippen LogP contribution is 2.50. The van der Waals surface area contributed by atoms with Gasteiger partial charge in [0.05, 0.1) is 15.5 Å². The first-order chi connectivity index (χ1) is 24.9. The van der Waals surface area contributed by atoms with E-state index < -0.39 is 33.4 Å². The van der Waals surface area contributed by atoms with E-state index in [9.17, 15) is 9.59 Å². The molecular formula is C44H41N3O2S2. The van der Waals surface area contributed by atoms with Crippen molar-refractivity contribution in [2.24, 2.45) is 11.5 Å². The second-order valence-corrected chi connectivity index (χ2v) is 14.7. The minimum absolute atomic E-state index is 0.224. The molecule has 5 N–H and O–H groups in total. The van der Waals surface area contributed by atoms with Crippen molar-refractivity contribution in [3.8, 4) is 0 Å². The first-order valence-corrected chi connectivity index (χ1v) is 18.9. The number of thioether (sulfide) groups is 2. The highest BCUT2D eigenvalue weighted by atomic mass is 32.2. The average Bonchev–Trinajstić information content (AvgIpc) is 3.20. The summed E-state index contributed by atoms with van der Waals surface area (Å²) in [4.78, 5) is 26.9. The van der Waals surface area contributed by atoms with Gasteiger partial charge in [-0.05, 0) is 33.4 Å². The van der Waals surface area contributed by atoms with Gasteiger partial charge in [-0.3, -0.25) is 9.59 Å². The normalized spacial score (nSPS) is 12.8. The number of nitrogens with two attached hydrogens (primary N) is 2. The molecule has 6 aromatic carbocycles. The molecule has 0 unspecified atom stereocenters. The fourth-order valence-corrected chi connectivity index (χ4v) is 9.57. The fraction of sp³-hybridized carbons (Fsp3) is 0.136. The van der Waals surface area contributed by atoms with Gasteiger partial charge in [-0.2, -0.15) is 0 Å². The van der Waals surface area contributed by atoms with Crippen LogP contribution in [0.15, 0.2) is 182 Å². The standard InChI is InChI=1S/C44H41N3O2S2/c45-39(31-50-43(33-19-7-1-8-20-33,34-21-9-2-10-22-34)35-23-11-3-12-24-35)42(49)47-40(41(46)48)32-51-44(36-25-13-4-14-26-36,37-27-15-5-16-28-37)38-29-17-6-18-30-38/h1-30,39-40H,31-32,45H2,(H2,46,48)(H,47,49)/t39-,40+/m0/s1. The Hall–Kier alpha value is -5.08. The number of nitrogens with one attached hydrogen (secondary N) is 1. The number of carbonyl (C=O) groups excluding carboxylic acids is 2. The predicted molar refractivity (Wildman–Crippen MR) is 212 cm³/mol. The summed E-state index contributed by atoms with van der Waals surface area (Å²) in [5.74, 6) is -0.544. The maximum absolute atomic E-state index is 13.9. The van der Waals surface area contributed by atoms with Crippen LogP contribution in [0.1, 0.15) is 33.4 Å². The van der Waals surface area contributed by atoms with Crippen molar-refractivity contribution in [3.05, 3.63) is 215 Å². The molecule has 0 saturated heterocycles. The third-order valence-electron chi connectivity index (χ3n) is 9.02. The van der Waals surface area contributed by atoms with Gasteiger partial charge in [0.1, 0.15) is 6.04 Å². The van der Waals surface area contributed by atoms with Gasteiger partial charge < -0.3 is 16.8 Å². The number of primary amides is 1. The second kappa shape index (κ2) is 16.8. The summed E-state index contributed by atoms with van der Waals surface area (Å²) in [6.45, 7) is 0. The van der Waals surface area contributed by atoms with Crippen LogP contribution in [0, 0.1) is 0 Å². The minimum atomic E-state index is -0.962. The molecule has 0 saturated carbocycles. The van der Waals surface area contributed by atoms with E-state index in [2.05, 4.69) is 78.1 Å². The molecule has 2 atom stereocenters. The molecule has 5 nitrogen and oxygen atoms in total. The molecule has 0 heterocycles. The molecule has 0 bridgehead atoms. The van der Waals surface area contributed by atoms with Crippen LogP contribution in [0.5, 0.6) is 0 Å². The Morgan fingerprint density at radius 1 is 0.471 bits per heavy atom. The van der Waals surface area contributed by atoms with Gasteiger partial charge in [-0.15, -0.1) is 23.5 Å². The summed E-state index contributed by atoms with van der Waals surface area (Å²) >= 11 is 3.17. The minimum Gasteiger partial charge on any atom is -0.368 e. The summed E-state index contributed by atoms with van der Waals surface area (Å²) in [6.07, 6.45) is 0. The molecule has 0 fully saturated rings. The molecule has 0 aromatic heterocycles. The topological polar surface area (TPSA) is 98.2 Å². The Morgan fingerprint density at radius 2 is 0.725 bits per heavy atom. The van der Waals surface area contributed by atoms with Crippen molar-refractivity contribution in [1.82, 2.24) is 5.32 Å². The average molecular weight is 708 g/mol. The second-order valence-electron chi connectivity index (χ2n) is 12.3. The maximum atomic E-state index is 13.9. The van der Waals surface area contributed by atoms with Crippen molar-refractivity contribution in [3.63, 3.8) is 0 Å². The van der Waals surface area contributed by atoms with Gasteiger partial charge in [-0.1, -0.05) is 182 Å². The molecule has 6 aromatic rings. The van der Waals surface area contributed by atoms with Gasteiger partial charge in [-0.25, -0.2) is 0 Å².